The van der Waals surface area contributed by atoms with Crippen molar-refractivity contribution < 1.29 is 18.7 Å². The number of hydrogen-bond acceptors (Lipinski definition) is 5. The van der Waals surface area contributed by atoms with Crippen molar-refractivity contribution in [2.45, 2.75) is 48.8 Å². The number of halogens is 2. The second-order valence-electron chi connectivity index (χ2n) is 12.1. The van der Waals surface area contributed by atoms with Gasteiger partial charge in [0, 0.05) is 36.3 Å². The van der Waals surface area contributed by atoms with E-state index in [0.29, 0.717) is 18.9 Å². The predicted molar refractivity (Wildman–Crippen MR) is 187 cm³/mol. The van der Waals surface area contributed by atoms with Crippen LogP contribution in [0.25, 0.3) is 0 Å². The van der Waals surface area contributed by atoms with Crippen LogP contribution in [0.2, 0.25) is 0 Å². The first-order valence-electron chi connectivity index (χ1n) is 16.2. The number of aromatic nitrogens is 2. The average molecular weight is 665 g/mol. The van der Waals surface area contributed by atoms with Crippen molar-refractivity contribution in [3.8, 4) is 0 Å². The molecule has 246 valence electrons. The van der Waals surface area contributed by atoms with Crippen LogP contribution in [0.1, 0.15) is 47.6 Å². The van der Waals surface area contributed by atoms with E-state index in [1.54, 1.807) is 0 Å². The molecule has 1 saturated heterocycles. The Bertz CT molecular complexity index is 1700. The first-order valence-corrected chi connectivity index (χ1v) is 17.1. The average Bonchev–Trinajstić information content (AvgIpc) is 3.51. The molecular weight excluding hydrogens is 627 g/mol. The lowest BCUT2D eigenvalue weighted by molar-refractivity contribution is 0.138. The zero-order chi connectivity index (χ0) is 33.5. The number of amides is 1. The van der Waals surface area contributed by atoms with Crippen LogP contribution >= 0.6 is 11.8 Å². The minimum absolute atomic E-state index is 0.00992. The highest BCUT2D eigenvalue weighted by atomic mass is 32.2. The van der Waals surface area contributed by atoms with Gasteiger partial charge >= 0.3 is 6.09 Å². The lowest BCUT2D eigenvalue weighted by atomic mass is 9.84. The number of carbonyl (C=O) groups is 1. The van der Waals surface area contributed by atoms with Gasteiger partial charge in [0.25, 0.3) is 0 Å². The second-order valence-corrected chi connectivity index (χ2v) is 13.6. The maximum Gasteiger partial charge on any atom is 0.407 e. The number of hydrogen-bond donors (Lipinski definition) is 1. The van der Waals surface area contributed by atoms with Crippen molar-refractivity contribution in [1.82, 2.24) is 14.9 Å². The Morgan fingerprint density at radius 2 is 1.46 bits per heavy atom. The summed E-state index contributed by atoms with van der Waals surface area (Å²) in [6.45, 7) is 2.46. The Morgan fingerprint density at radius 1 is 0.896 bits per heavy atom. The molecule has 1 amide bonds. The molecule has 4 aromatic carbocycles. The number of carboxylic acid groups (broad SMARTS) is 1. The minimum Gasteiger partial charge on any atom is -0.465 e. The summed E-state index contributed by atoms with van der Waals surface area (Å²) < 4.78 is 28.1. The normalized spacial score (nSPS) is 16.2. The largest absolute Gasteiger partial charge is 0.465 e. The van der Waals surface area contributed by atoms with Crippen LogP contribution in [0.4, 0.5) is 19.5 Å². The molecule has 1 aliphatic rings. The van der Waals surface area contributed by atoms with Crippen LogP contribution in [0.15, 0.2) is 122 Å². The van der Waals surface area contributed by atoms with Crippen LogP contribution < -0.4 is 4.90 Å². The van der Waals surface area contributed by atoms with E-state index in [9.17, 15) is 18.7 Å². The van der Waals surface area contributed by atoms with Gasteiger partial charge < -0.3 is 14.9 Å². The van der Waals surface area contributed by atoms with Gasteiger partial charge in [-0.3, -0.25) is 0 Å². The minimum atomic E-state index is -1.21. The summed E-state index contributed by atoms with van der Waals surface area (Å²) in [5.74, 6) is -0.738. The molecule has 0 unspecified atom stereocenters. The number of anilines is 1. The van der Waals surface area contributed by atoms with Crippen LogP contribution in [0.5, 0.6) is 0 Å². The fourth-order valence-corrected chi connectivity index (χ4v) is 8.47. The molecule has 0 aliphatic carbocycles. The number of nitrogens with zero attached hydrogens (tertiary/aromatic N) is 4. The first kappa shape index (κ1) is 33.2. The second kappa shape index (κ2) is 15.0. The van der Waals surface area contributed by atoms with Crippen molar-refractivity contribution in [3.63, 3.8) is 0 Å². The lowest BCUT2D eigenvalue weighted by Gasteiger charge is -2.37. The van der Waals surface area contributed by atoms with Crippen molar-refractivity contribution in [3.05, 3.63) is 161 Å². The van der Waals surface area contributed by atoms with E-state index in [2.05, 4.69) is 84.6 Å². The van der Waals surface area contributed by atoms with E-state index in [1.165, 1.54) is 0 Å². The third-order valence-electron chi connectivity index (χ3n) is 8.82. The van der Waals surface area contributed by atoms with Crippen molar-refractivity contribution in [2.75, 3.05) is 18.0 Å². The molecule has 1 aliphatic heterocycles. The molecule has 0 bridgehead atoms. The highest BCUT2D eigenvalue weighted by Gasteiger charge is 2.44. The topological polar surface area (TPSA) is 69.6 Å². The van der Waals surface area contributed by atoms with E-state index in [-0.39, 0.29) is 29.9 Å². The van der Waals surface area contributed by atoms with Gasteiger partial charge in [0.05, 0.1) is 17.3 Å². The highest BCUT2D eigenvalue weighted by molar-refractivity contribution is 8.01. The summed E-state index contributed by atoms with van der Waals surface area (Å²) in [7, 11) is 0. The van der Waals surface area contributed by atoms with E-state index in [0.717, 1.165) is 58.2 Å². The van der Waals surface area contributed by atoms with Gasteiger partial charge in [0.2, 0.25) is 5.95 Å². The lowest BCUT2D eigenvalue weighted by Crippen LogP contribution is -2.43. The van der Waals surface area contributed by atoms with Crippen LogP contribution in [0, 0.1) is 11.6 Å². The molecule has 0 spiro atoms. The SMILES string of the molecule is CCCc1cnc(N2C[C@H](SC(c3ccccc3)(c3ccccc3)c3ccccc3)C[C@H]2CN(Cc2cc(F)ccc2F)C(=O)O)nc1. The monoisotopic (exact) mass is 664 g/mol. The molecule has 1 aromatic heterocycles. The summed E-state index contributed by atoms with van der Waals surface area (Å²) in [5, 5.41) is 10.3. The number of benzene rings is 4. The van der Waals surface area contributed by atoms with Gasteiger partial charge in [-0.25, -0.2) is 23.5 Å². The van der Waals surface area contributed by atoms with Gasteiger partial charge in [-0.15, -0.1) is 11.8 Å². The molecule has 9 heteroatoms. The van der Waals surface area contributed by atoms with Crippen LogP contribution in [0.3, 0.4) is 0 Å². The van der Waals surface area contributed by atoms with Gasteiger partial charge in [-0.05, 0) is 53.3 Å². The third-order valence-corrected chi connectivity index (χ3v) is 10.6. The van der Waals surface area contributed by atoms with Crippen LogP contribution in [-0.2, 0) is 17.7 Å². The fraction of sp³-hybridized carbons (Fsp3) is 0.256. The zero-order valence-corrected chi connectivity index (χ0v) is 27.6. The van der Waals surface area contributed by atoms with Crippen molar-refractivity contribution >= 4 is 23.8 Å². The van der Waals surface area contributed by atoms with E-state index in [1.807, 2.05) is 42.4 Å². The van der Waals surface area contributed by atoms with E-state index >= 15 is 0 Å². The molecule has 6 nitrogen and oxygen atoms in total. The fourth-order valence-electron chi connectivity index (χ4n) is 6.60. The Morgan fingerprint density at radius 3 is 1.98 bits per heavy atom. The van der Waals surface area contributed by atoms with Gasteiger partial charge in [0.15, 0.2) is 0 Å². The molecular formula is C39H38F2N4O2S. The van der Waals surface area contributed by atoms with Crippen LogP contribution in [-0.4, -0.2) is 50.4 Å². The Hall–Kier alpha value is -4.76. The third kappa shape index (κ3) is 7.21. The molecule has 2 atom stereocenters. The molecule has 0 saturated carbocycles. The van der Waals surface area contributed by atoms with E-state index in [4.69, 9.17) is 9.97 Å². The van der Waals surface area contributed by atoms with Gasteiger partial charge in [-0.2, -0.15) is 0 Å². The summed E-state index contributed by atoms with van der Waals surface area (Å²) >= 11 is 1.84. The summed E-state index contributed by atoms with van der Waals surface area (Å²) in [6, 6.07) is 34.2. The first-order chi connectivity index (χ1) is 23.4. The Balaban J connectivity index is 1.39. The number of rotatable bonds is 12. The molecule has 1 fully saturated rings. The molecule has 2 heterocycles. The smallest absolute Gasteiger partial charge is 0.407 e. The standard InChI is InChI=1S/C39H38F2N4O2S/c1-2-12-28-23-42-37(43-24-28)45-27-35(22-34(45)26-44(38(46)47)25-29-21-33(40)19-20-36(29)41)48-39(30-13-6-3-7-14-30,31-15-8-4-9-16-31)32-17-10-5-11-18-32/h3-11,13-21,23-24,34-35H,2,12,22,25-27H2,1H3,(H,46,47)/t34-,35+/m0/s1. The highest BCUT2D eigenvalue weighted by Crippen LogP contribution is 2.52. The maximum atomic E-state index is 14.7. The predicted octanol–water partition coefficient (Wildman–Crippen LogP) is 8.56. The van der Waals surface area contributed by atoms with Crippen molar-refractivity contribution in [2.24, 2.45) is 0 Å². The van der Waals surface area contributed by atoms with Gasteiger partial charge in [0.1, 0.15) is 11.6 Å². The maximum absolute atomic E-state index is 14.7. The molecule has 6 rings (SSSR count). The molecule has 5 aromatic rings. The quantitative estimate of drug-likeness (QED) is 0.135. The zero-order valence-electron chi connectivity index (χ0n) is 26.8. The molecule has 48 heavy (non-hydrogen) atoms. The Kier molecular flexibility index (Phi) is 10.3. The summed E-state index contributed by atoms with van der Waals surface area (Å²) in [4.78, 5) is 25.3. The Labute approximate surface area is 284 Å². The molecule has 1 N–H and O–H groups in total. The van der Waals surface area contributed by atoms with Gasteiger partial charge in [-0.1, -0.05) is 104 Å². The van der Waals surface area contributed by atoms with E-state index < -0.39 is 22.5 Å². The van der Waals surface area contributed by atoms with Crippen molar-refractivity contribution in [1.29, 1.82) is 0 Å². The summed E-state index contributed by atoms with van der Waals surface area (Å²) in [5.41, 5.74) is 4.43. The summed E-state index contributed by atoms with van der Waals surface area (Å²) in [6.07, 6.45) is 4.92. The number of thioether (sulfide) groups is 1. The molecule has 0 radical (unpaired) electrons. The number of aryl methyl sites for hydroxylation is 1.